The predicted molar refractivity (Wildman–Crippen MR) is 236 cm³/mol. The molecule has 1 atom stereocenters. The molecule has 2 fully saturated rings. The van der Waals surface area contributed by atoms with Gasteiger partial charge in [0.2, 0.25) is 5.91 Å². The molecule has 17 heteroatoms. The lowest BCUT2D eigenvalue weighted by atomic mass is 10.2. The van der Waals surface area contributed by atoms with Crippen molar-refractivity contribution in [1.82, 2.24) is 44.7 Å². The van der Waals surface area contributed by atoms with E-state index in [2.05, 4.69) is 87.5 Å². The van der Waals surface area contributed by atoms with E-state index in [0.717, 1.165) is 112 Å². The number of nitriles is 1. The minimum Gasteiger partial charge on any atom is -0.492 e. The second kappa shape index (κ2) is 19.0. The highest BCUT2D eigenvalue weighted by Gasteiger charge is 2.28. The summed E-state index contributed by atoms with van der Waals surface area (Å²) in [5.41, 5.74) is 11.1. The Labute approximate surface area is 363 Å². The minimum atomic E-state index is -0.246. The van der Waals surface area contributed by atoms with E-state index in [9.17, 15) is 4.79 Å². The quantitative estimate of drug-likeness (QED) is 0.120. The lowest BCUT2D eigenvalue weighted by Crippen LogP contribution is -2.47. The van der Waals surface area contributed by atoms with Crippen LogP contribution in [0.3, 0.4) is 0 Å². The molecular weight excluding hydrogens is 892 g/mol. The Hall–Kier alpha value is -5.93. The maximum absolute atomic E-state index is 11.4. The van der Waals surface area contributed by atoms with Gasteiger partial charge in [-0.15, -0.1) is 0 Å². The molecule has 2 aliphatic heterocycles. The third-order valence-corrected chi connectivity index (χ3v) is 11.3. The molecule has 1 amide bonds. The lowest BCUT2D eigenvalue weighted by molar-refractivity contribution is -0.122. The molecule has 4 N–H and O–H groups in total. The number of nitrogens with zero attached hydrogens (tertiary/aromatic N) is 9. The van der Waals surface area contributed by atoms with Crippen LogP contribution in [0.1, 0.15) is 18.4 Å². The van der Waals surface area contributed by atoms with E-state index in [1.807, 2.05) is 72.8 Å². The molecule has 2 saturated heterocycles. The third-order valence-electron chi connectivity index (χ3n) is 10.5. The fraction of sp³-hybridized carbons (Fsp3) is 0.279. The Balaban J connectivity index is 0.000000170. The number of primary amides is 1. The maximum atomic E-state index is 11.4. The van der Waals surface area contributed by atoms with Crippen molar-refractivity contribution in [3.63, 3.8) is 0 Å². The molecule has 0 spiro atoms. The number of piperazine rings is 1. The average molecular weight is 935 g/mol. The van der Waals surface area contributed by atoms with Crippen molar-refractivity contribution < 1.29 is 14.3 Å². The van der Waals surface area contributed by atoms with Crippen molar-refractivity contribution in [1.29, 1.82) is 5.26 Å². The predicted octanol–water partition coefficient (Wildman–Crippen LogP) is 6.57. The van der Waals surface area contributed by atoms with Crippen LogP contribution in [-0.2, 0) is 4.79 Å². The molecule has 7 aromatic rings. The smallest absolute Gasteiger partial charge is 0.234 e. The van der Waals surface area contributed by atoms with Gasteiger partial charge in [0.15, 0.2) is 11.3 Å². The maximum Gasteiger partial charge on any atom is 0.234 e. The van der Waals surface area contributed by atoms with Crippen molar-refractivity contribution in [2.45, 2.75) is 18.9 Å². The van der Waals surface area contributed by atoms with Crippen molar-refractivity contribution >= 4 is 65.9 Å². The van der Waals surface area contributed by atoms with Gasteiger partial charge in [0, 0.05) is 77.9 Å². The molecule has 1 unspecified atom stereocenters. The van der Waals surface area contributed by atoms with Gasteiger partial charge in [-0.3, -0.25) is 14.6 Å². The van der Waals surface area contributed by atoms with Gasteiger partial charge in [-0.1, -0.05) is 0 Å². The monoisotopic (exact) mass is 932 g/mol. The summed E-state index contributed by atoms with van der Waals surface area (Å²) in [5.74, 6) is 3.86. The molecule has 5 aromatic heterocycles. The molecule has 0 radical (unpaired) electrons. The molecule has 60 heavy (non-hydrogen) atoms. The van der Waals surface area contributed by atoms with Gasteiger partial charge >= 0.3 is 0 Å². The van der Waals surface area contributed by atoms with Crippen LogP contribution in [0.2, 0.25) is 0 Å². The Kier molecular flexibility index (Phi) is 12.9. The summed E-state index contributed by atoms with van der Waals surface area (Å²) in [4.78, 5) is 46.8. The van der Waals surface area contributed by atoms with Crippen LogP contribution in [0.15, 0.2) is 100 Å². The first-order chi connectivity index (χ1) is 29.3. The molecule has 0 aliphatic carbocycles. The van der Waals surface area contributed by atoms with Crippen molar-refractivity contribution in [3.8, 4) is 40.3 Å². The Morgan fingerprint density at radius 2 is 1.32 bits per heavy atom. The van der Waals surface area contributed by atoms with E-state index in [0.29, 0.717) is 36.6 Å². The largest absolute Gasteiger partial charge is 0.492 e. The number of fused-ring (bicyclic) bond motifs is 2. The molecule has 2 aliphatic rings. The van der Waals surface area contributed by atoms with Crippen molar-refractivity contribution in [3.05, 3.63) is 106 Å². The van der Waals surface area contributed by atoms with Gasteiger partial charge in [0.1, 0.15) is 48.2 Å². The van der Waals surface area contributed by atoms with E-state index >= 15 is 0 Å². The fourth-order valence-corrected chi connectivity index (χ4v) is 7.93. The molecule has 0 saturated carbocycles. The molecule has 306 valence electrons. The summed E-state index contributed by atoms with van der Waals surface area (Å²) < 4.78 is 13.6. The zero-order chi connectivity index (χ0) is 41.4. The first-order valence-corrected chi connectivity index (χ1v) is 21.2. The number of halogens is 2. The first-order valence-electron chi connectivity index (χ1n) is 19.6. The number of aromatic nitrogens is 7. The number of hydrogen-bond donors (Lipinski definition) is 3. The number of hydrogen-bond acceptors (Lipinski definition) is 12. The van der Waals surface area contributed by atoms with Crippen molar-refractivity contribution in [2.75, 3.05) is 63.9 Å². The van der Waals surface area contributed by atoms with Gasteiger partial charge in [0.05, 0.1) is 22.6 Å². The number of pyridine rings is 3. The summed E-state index contributed by atoms with van der Waals surface area (Å²) in [5, 5.41) is 8.91. The van der Waals surface area contributed by atoms with Gasteiger partial charge in [-0.25, -0.2) is 24.9 Å². The number of H-pyrrole nitrogens is 2. The summed E-state index contributed by atoms with van der Waals surface area (Å²) in [6.45, 7) is 7.36. The molecule has 15 nitrogen and oxygen atoms in total. The van der Waals surface area contributed by atoms with E-state index < -0.39 is 0 Å². The number of nitrogens with one attached hydrogen (secondary N) is 2. The zero-order valence-corrected chi connectivity index (χ0v) is 35.8. The Morgan fingerprint density at radius 3 is 1.83 bits per heavy atom. The van der Waals surface area contributed by atoms with Gasteiger partial charge in [-0.2, -0.15) is 5.26 Å². The number of amides is 1. The number of carbonyl (C=O) groups excluding carboxylic acids is 1. The zero-order valence-electron chi connectivity index (χ0n) is 32.6. The second-order valence-corrected chi connectivity index (χ2v) is 16.2. The standard InChI is InChI=1S/C24H22BrN7O.C19H20BrN5O2/c25-19-13-21-24(28-16-19)30-23(29-21)18-2-4-20(5-3-18)33-12-11-31-7-9-32(10-8-31)22-6-1-17(14-26)15-27-22;20-13-10-15-19(22-11-13)24-18(23-15)12-3-5-14(6-4-12)27-9-8-25-7-1-2-16(25)17(21)26/h1-6,13,15-16H,7-12H2,(H,28,29,30);3-6,10-11,16H,1-2,7-9H2,(H2,21,26)(H,22,23,24). The summed E-state index contributed by atoms with van der Waals surface area (Å²) in [6, 6.07) is 25.3. The number of ether oxygens (including phenoxy) is 2. The molecule has 0 bridgehead atoms. The third kappa shape index (κ3) is 10.1. The minimum absolute atomic E-state index is 0.155. The number of likely N-dealkylation sites (tertiary alicyclic amines) is 1. The number of imidazole rings is 2. The van der Waals surface area contributed by atoms with Gasteiger partial charge < -0.3 is 30.1 Å². The van der Waals surface area contributed by atoms with Crippen LogP contribution in [-0.4, -0.2) is 116 Å². The summed E-state index contributed by atoms with van der Waals surface area (Å²) in [6.07, 6.45) is 6.95. The van der Waals surface area contributed by atoms with Gasteiger partial charge in [0.25, 0.3) is 0 Å². The highest BCUT2D eigenvalue weighted by Crippen LogP contribution is 2.26. The fourth-order valence-electron chi connectivity index (χ4n) is 7.27. The van der Waals surface area contributed by atoms with E-state index in [4.69, 9.17) is 20.5 Å². The highest BCUT2D eigenvalue weighted by atomic mass is 79.9. The van der Waals surface area contributed by atoms with Crippen LogP contribution < -0.4 is 20.1 Å². The number of nitrogens with two attached hydrogens (primary N) is 1. The number of rotatable bonds is 12. The molecule has 2 aromatic carbocycles. The van der Waals surface area contributed by atoms with Crippen LogP contribution in [0.25, 0.3) is 45.1 Å². The number of anilines is 1. The first kappa shape index (κ1) is 40.8. The lowest BCUT2D eigenvalue weighted by Gasteiger charge is -2.35. The summed E-state index contributed by atoms with van der Waals surface area (Å²) in [7, 11) is 0. The van der Waals surface area contributed by atoms with E-state index in [1.165, 1.54) is 0 Å². The number of aromatic amines is 2. The summed E-state index contributed by atoms with van der Waals surface area (Å²) >= 11 is 6.84. The highest BCUT2D eigenvalue weighted by molar-refractivity contribution is 9.10. The van der Waals surface area contributed by atoms with Crippen LogP contribution in [0, 0.1) is 11.3 Å². The van der Waals surface area contributed by atoms with Gasteiger partial charge in [-0.05, 0) is 124 Å². The van der Waals surface area contributed by atoms with Crippen molar-refractivity contribution in [2.24, 2.45) is 5.73 Å². The second-order valence-electron chi connectivity index (χ2n) is 14.4. The molecule has 9 rings (SSSR count). The van der Waals surface area contributed by atoms with E-state index in [-0.39, 0.29) is 11.9 Å². The Bertz CT molecular complexity index is 2590. The normalized spacial score (nSPS) is 15.8. The number of benzene rings is 2. The SMILES string of the molecule is N#Cc1ccc(N2CCN(CCOc3ccc(-c4nc5ncc(Br)cc5[nH]4)cc3)CC2)nc1.NC(=O)C1CCCN1CCOc1ccc(-c2nc3ncc(Br)cc3[nH]2)cc1. The molecular formula is C43H42Br2N12O3. The average Bonchev–Trinajstić information content (AvgIpc) is 4.03. The van der Waals surface area contributed by atoms with Crippen LogP contribution in [0.4, 0.5) is 5.82 Å². The van der Waals surface area contributed by atoms with Crippen LogP contribution >= 0.6 is 31.9 Å². The topological polar surface area (TPSA) is 191 Å². The van der Waals surface area contributed by atoms with Crippen LogP contribution in [0.5, 0.6) is 11.5 Å². The number of carbonyl (C=O) groups is 1. The molecule has 7 heterocycles. The Morgan fingerprint density at radius 1 is 0.750 bits per heavy atom. The van der Waals surface area contributed by atoms with E-state index in [1.54, 1.807) is 18.6 Å².